The highest BCUT2D eigenvalue weighted by Crippen LogP contribution is 1.89. The Morgan fingerprint density at radius 2 is 2.06 bits per heavy atom. The Morgan fingerprint density at radius 1 is 1.35 bits per heavy atom. The van der Waals surface area contributed by atoms with Crippen molar-refractivity contribution in [3.8, 4) is 11.8 Å². The molecular formula is C12H20N2O3. The summed E-state index contributed by atoms with van der Waals surface area (Å²) in [5.74, 6) is 5.03. The van der Waals surface area contributed by atoms with Crippen molar-refractivity contribution in [2.45, 2.75) is 39.2 Å². The predicted octanol–water partition coefficient (Wildman–Crippen LogP) is 0.187. The number of nitrogens with one attached hydrogen (secondary N) is 1. The summed E-state index contributed by atoms with van der Waals surface area (Å²) < 4.78 is 4.72. The van der Waals surface area contributed by atoms with E-state index >= 15 is 0 Å². The topological polar surface area (TPSA) is 81.4 Å². The Kier molecular flexibility index (Phi) is 8.79. The van der Waals surface area contributed by atoms with Crippen LogP contribution in [0.5, 0.6) is 0 Å². The van der Waals surface area contributed by atoms with E-state index in [2.05, 4.69) is 17.2 Å². The second kappa shape index (κ2) is 9.67. The van der Waals surface area contributed by atoms with Crippen LogP contribution in [-0.2, 0) is 14.3 Å². The zero-order valence-corrected chi connectivity index (χ0v) is 10.4. The van der Waals surface area contributed by atoms with E-state index in [1.807, 2.05) is 6.92 Å². The Labute approximate surface area is 102 Å². The molecule has 5 nitrogen and oxygen atoms in total. The molecule has 0 bridgehead atoms. The number of nitrogens with two attached hydrogens (primary N) is 1. The lowest BCUT2D eigenvalue weighted by molar-refractivity contribution is -0.143. The molecule has 0 saturated carbocycles. The molecule has 1 atom stereocenters. The number of esters is 1. The molecule has 0 aromatic rings. The fraction of sp³-hybridized carbons (Fsp3) is 0.667. The molecular weight excluding hydrogens is 220 g/mol. The number of carbonyl (C=O) groups excluding carboxylic acids is 2. The highest BCUT2D eigenvalue weighted by molar-refractivity contribution is 5.82. The molecule has 0 saturated heterocycles. The average molecular weight is 240 g/mol. The van der Waals surface area contributed by atoms with Crippen LogP contribution in [0, 0.1) is 11.8 Å². The van der Waals surface area contributed by atoms with Crippen molar-refractivity contribution >= 4 is 11.9 Å². The third-order valence-electron chi connectivity index (χ3n) is 1.89. The van der Waals surface area contributed by atoms with Gasteiger partial charge in [0.2, 0.25) is 5.91 Å². The van der Waals surface area contributed by atoms with Gasteiger partial charge in [-0.05, 0) is 6.92 Å². The van der Waals surface area contributed by atoms with Crippen LogP contribution < -0.4 is 11.1 Å². The maximum absolute atomic E-state index is 11.4. The maximum atomic E-state index is 11.4. The van der Waals surface area contributed by atoms with Gasteiger partial charge in [0, 0.05) is 19.4 Å². The van der Waals surface area contributed by atoms with Gasteiger partial charge in [-0.25, -0.2) is 0 Å². The summed E-state index contributed by atoms with van der Waals surface area (Å²) in [6.07, 6.45) is 1.24. The summed E-state index contributed by atoms with van der Waals surface area (Å²) in [6.45, 7) is 4.25. The van der Waals surface area contributed by atoms with E-state index in [9.17, 15) is 9.59 Å². The monoisotopic (exact) mass is 240 g/mol. The summed E-state index contributed by atoms with van der Waals surface area (Å²) in [7, 11) is 0. The molecule has 0 rings (SSSR count). The number of amides is 1. The van der Waals surface area contributed by atoms with Gasteiger partial charge in [0.15, 0.2) is 0 Å². The zero-order valence-electron chi connectivity index (χ0n) is 10.4. The lowest BCUT2D eigenvalue weighted by Crippen LogP contribution is -2.41. The fourth-order valence-corrected chi connectivity index (χ4v) is 1.05. The van der Waals surface area contributed by atoms with Gasteiger partial charge in [-0.3, -0.25) is 9.59 Å². The normalized spacial score (nSPS) is 11.0. The second-order valence-corrected chi connectivity index (χ2v) is 3.36. The van der Waals surface area contributed by atoms with Crippen molar-refractivity contribution in [3.05, 3.63) is 0 Å². The number of rotatable bonds is 6. The SMILES string of the molecule is CCC#CCC(N)C(=O)NCCC(=O)OCC. The Hall–Kier alpha value is -1.54. The molecule has 0 radical (unpaired) electrons. The average Bonchev–Trinajstić information content (AvgIpc) is 2.29. The number of carbonyl (C=O) groups is 2. The number of hydrogen-bond donors (Lipinski definition) is 2. The predicted molar refractivity (Wildman–Crippen MR) is 64.9 cm³/mol. The lowest BCUT2D eigenvalue weighted by Gasteiger charge is -2.09. The van der Waals surface area contributed by atoms with Gasteiger partial charge < -0.3 is 15.8 Å². The van der Waals surface area contributed by atoms with Crippen molar-refractivity contribution in [1.29, 1.82) is 0 Å². The van der Waals surface area contributed by atoms with Crippen molar-refractivity contribution in [3.63, 3.8) is 0 Å². The van der Waals surface area contributed by atoms with Crippen molar-refractivity contribution < 1.29 is 14.3 Å². The van der Waals surface area contributed by atoms with E-state index in [4.69, 9.17) is 10.5 Å². The van der Waals surface area contributed by atoms with E-state index in [1.165, 1.54) is 0 Å². The Morgan fingerprint density at radius 3 is 2.65 bits per heavy atom. The van der Waals surface area contributed by atoms with E-state index in [-0.39, 0.29) is 24.8 Å². The zero-order chi connectivity index (χ0) is 13.1. The molecule has 0 aliphatic carbocycles. The molecule has 0 fully saturated rings. The van der Waals surface area contributed by atoms with Crippen molar-refractivity contribution in [2.24, 2.45) is 5.73 Å². The van der Waals surface area contributed by atoms with Crippen LogP contribution in [-0.4, -0.2) is 31.1 Å². The number of hydrogen-bond acceptors (Lipinski definition) is 4. The van der Waals surface area contributed by atoms with Crippen LogP contribution >= 0.6 is 0 Å². The van der Waals surface area contributed by atoms with Crippen LogP contribution in [0.3, 0.4) is 0 Å². The molecule has 0 aliphatic heterocycles. The number of ether oxygens (including phenoxy) is 1. The third kappa shape index (κ3) is 8.29. The first-order valence-electron chi connectivity index (χ1n) is 5.76. The molecule has 5 heteroatoms. The lowest BCUT2D eigenvalue weighted by atomic mass is 10.2. The van der Waals surface area contributed by atoms with E-state index in [0.29, 0.717) is 13.0 Å². The molecule has 0 aliphatic rings. The van der Waals surface area contributed by atoms with Crippen LogP contribution in [0.15, 0.2) is 0 Å². The van der Waals surface area contributed by atoms with Crippen LogP contribution in [0.2, 0.25) is 0 Å². The highest BCUT2D eigenvalue weighted by atomic mass is 16.5. The molecule has 0 aromatic carbocycles. The largest absolute Gasteiger partial charge is 0.466 e. The van der Waals surface area contributed by atoms with Gasteiger partial charge in [-0.1, -0.05) is 6.92 Å². The van der Waals surface area contributed by atoms with Crippen LogP contribution in [0.25, 0.3) is 0 Å². The minimum absolute atomic E-state index is 0.160. The summed E-state index contributed by atoms with van der Waals surface area (Å²) in [6, 6.07) is -0.642. The van der Waals surface area contributed by atoms with E-state index in [0.717, 1.165) is 6.42 Å². The van der Waals surface area contributed by atoms with Crippen LogP contribution in [0.1, 0.15) is 33.1 Å². The minimum atomic E-state index is -0.642. The fourth-order valence-electron chi connectivity index (χ4n) is 1.05. The molecule has 96 valence electrons. The molecule has 3 N–H and O–H groups in total. The van der Waals surface area contributed by atoms with Crippen molar-refractivity contribution in [1.82, 2.24) is 5.32 Å². The van der Waals surface area contributed by atoms with E-state index < -0.39 is 6.04 Å². The molecule has 0 aromatic heterocycles. The van der Waals surface area contributed by atoms with E-state index in [1.54, 1.807) is 6.92 Å². The van der Waals surface area contributed by atoms with Gasteiger partial charge in [0.05, 0.1) is 19.1 Å². The summed E-state index contributed by atoms with van der Waals surface area (Å²) in [4.78, 5) is 22.4. The van der Waals surface area contributed by atoms with Gasteiger partial charge in [-0.2, -0.15) is 0 Å². The standard InChI is InChI=1S/C12H20N2O3/c1-3-5-6-7-10(13)12(16)14-9-8-11(15)17-4-2/h10H,3-4,7-9,13H2,1-2H3,(H,14,16). The first-order valence-corrected chi connectivity index (χ1v) is 5.76. The smallest absolute Gasteiger partial charge is 0.307 e. The Bertz CT molecular complexity index is 305. The van der Waals surface area contributed by atoms with Gasteiger partial charge in [0.1, 0.15) is 0 Å². The third-order valence-corrected chi connectivity index (χ3v) is 1.89. The van der Waals surface area contributed by atoms with Crippen LogP contribution in [0.4, 0.5) is 0 Å². The molecule has 17 heavy (non-hydrogen) atoms. The first-order chi connectivity index (χ1) is 8.11. The molecule has 1 unspecified atom stereocenters. The summed E-state index contributed by atoms with van der Waals surface area (Å²) >= 11 is 0. The van der Waals surface area contributed by atoms with Crippen molar-refractivity contribution in [2.75, 3.05) is 13.2 Å². The first kappa shape index (κ1) is 15.5. The Balaban J connectivity index is 3.74. The summed E-state index contributed by atoms with van der Waals surface area (Å²) in [5.41, 5.74) is 5.60. The second-order valence-electron chi connectivity index (χ2n) is 3.36. The molecule has 0 heterocycles. The summed E-state index contributed by atoms with van der Waals surface area (Å²) in [5, 5.41) is 2.57. The van der Waals surface area contributed by atoms with Gasteiger partial charge >= 0.3 is 5.97 Å². The molecule has 0 spiro atoms. The quantitative estimate of drug-likeness (QED) is 0.513. The highest BCUT2D eigenvalue weighted by Gasteiger charge is 2.11. The maximum Gasteiger partial charge on any atom is 0.307 e. The molecule has 1 amide bonds. The van der Waals surface area contributed by atoms with Gasteiger partial charge in [0.25, 0.3) is 0 Å². The minimum Gasteiger partial charge on any atom is -0.466 e. The van der Waals surface area contributed by atoms with Gasteiger partial charge in [-0.15, -0.1) is 11.8 Å².